The molecule has 1 aromatic carbocycles. The minimum absolute atomic E-state index is 0.172. The number of carbonyl (C=O) groups is 1. The van der Waals surface area contributed by atoms with E-state index in [0.29, 0.717) is 18.5 Å². The summed E-state index contributed by atoms with van der Waals surface area (Å²) in [5.41, 5.74) is 2.66. The Kier molecular flexibility index (Phi) is 6.49. The van der Waals surface area contributed by atoms with E-state index >= 15 is 0 Å². The lowest BCUT2D eigenvalue weighted by Gasteiger charge is -2.25. The molecule has 1 amide bonds. The molecule has 2 aliphatic rings. The molecule has 1 atom stereocenters. The average Bonchev–Trinajstić information content (AvgIpc) is 2.94. The topological polar surface area (TPSA) is 35.6 Å². The monoisotopic (exact) mass is 343 g/mol. The third-order valence-corrected chi connectivity index (χ3v) is 5.64. The Morgan fingerprint density at radius 3 is 2.68 bits per heavy atom. The number of nitrogens with one attached hydrogen (secondary N) is 1. The molecule has 0 bridgehead atoms. The Morgan fingerprint density at radius 1 is 1.16 bits per heavy atom. The zero-order chi connectivity index (χ0) is 17.6. The molecule has 2 aliphatic heterocycles. The van der Waals surface area contributed by atoms with Gasteiger partial charge in [-0.15, -0.1) is 0 Å². The van der Waals surface area contributed by atoms with Crippen molar-refractivity contribution in [2.45, 2.75) is 51.5 Å². The molecular formula is C21H33N3O. The molecule has 2 saturated heterocycles. The maximum atomic E-state index is 12.3. The number of benzene rings is 1. The minimum atomic E-state index is 0.172. The van der Waals surface area contributed by atoms with Gasteiger partial charge >= 0.3 is 0 Å². The molecule has 0 aliphatic carbocycles. The van der Waals surface area contributed by atoms with Gasteiger partial charge in [-0.3, -0.25) is 14.6 Å². The lowest BCUT2D eigenvalue weighted by Crippen LogP contribution is -2.42. The Labute approximate surface area is 152 Å². The molecule has 2 fully saturated rings. The molecular weight excluding hydrogens is 310 g/mol. The van der Waals surface area contributed by atoms with Gasteiger partial charge in [0.2, 0.25) is 5.91 Å². The summed E-state index contributed by atoms with van der Waals surface area (Å²) in [5.74, 6) is 0.739. The van der Waals surface area contributed by atoms with E-state index in [2.05, 4.69) is 53.2 Å². The summed E-state index contributed by atoms with van der Waals surface area (Å²) < 4.78 is 0. The van der Waals surface area contributed by atoms with Crippen LogP contribution in [-0.4, -0.2) is 61.0 Å². The molecule has 3 rings (SSSR count). The van der Waals surface area contributed by atoms with Crippen molar-refractivity contribution >= 4 is 5.91 Å². The normalized spacial score (nSPS) is 22.0. The first-order chi connectivity index (χ1) is 12.1. The fourth-order valence-corrected chi connectivity index (χ4v) is 4.10. The summed E-state index contributed by atoms with van der Waals surface area (Å²) >= 11 is 0. The first-order valence-electron chi connectivity index (χ1n) is 9.94. The molecule has 138 valence electrons. The average molecular weight is 344 g/mol. The van der Waals surface area contributed by atoms with Crippen LogP contribution in [0, 0.1) is 0 Å². The molecule has 0 aromatic heterocycles. The van der Waals surface area contributed by atoms with Gasteiger partial charge in [0, 0.05) is 19.1 Å². The molecule has 0 spiro atoms. The Hall–Kier alpha value is -1.39. The van der Waals surface area contributed by atoms with Gasteiger partial charge in [-0.2, -0.15) is 0 Å². The molecule has 1 aromatic rings. The molecule has 4 heteroatoms. The zero-order valence-electron chi connectivity index (χ0n) is 15.8. The summed E-state index contributed by atoms with van der Waals surface area (Å²) in [6.07, 6.45) is 4.71. The van der Waals surface area contributed by atoms with Crippen molar-refractivity contribution in [3.63, 3.8) is 0 Å². The lowest BCUT2D eigenvalue weighted by molar-refractivity contribution is -0.122. The number of carbonyl (C=O) groups excluding carboxylic acids is 1. The van der Waals surface area contributed by atoms with E-state index in [1.165, 1.54) is 43.5 Å². The van der Waals surface area contributed by atoms with Gasteiger partial charge in [-0.1, -0.05) is 38.1 Å². The first kappa shape index (κ1) is 18.4. The number of hydrogen-bond acceptors (Lipinski definition) is 3. The predicted molar refractivity (Wildman–Crippen MR) is 103 cm³/mol. The van der Waals surface area contributed by atoms with Crippen LogP contribution < -0.4 is 5.32 Å². The third-order valence-electron chi connectivity index (χ3n) is 5.64. The molecule has 2 heterocycles. The van der Waals surface area contributed by atoms with Crippen molar-refractivity contribution in [2.24, 2.45) is 0 Å². The van der Waals surface area contributed by atoms with E-state index in [0.717, 1.165) is 26.1 Å². The smallest absolute Gasteiger partial charge is 0.234 e. The highest BCUT2D eigenvalue weighted by atomic mass is 16.2. The van der Waals surface area contributed by atoms with Gasteiger partial charge in [0.05, 0.1) is 6.54 Å². The van der Waals surface area contributed by atoms with Crippen LogP contribution in [-0.2, 0) is 11.2 Å². The number of fused-ring (bicyclic) bond motifs is 1. The third kappa shape index (κ3) is 5.29. The van der Waals surface area contributed by atoms with Crippen molar-refractivity contribution in [3.05, 3.63) is 35.4 Å². The van der Waals surface area contributed by atoms with Crippen molar-refractivity contribution in [1.29, 1.82) is 0 Å². The SMILES string of the molecule is CC(C)c1ccc(CCNC(=O)CN2CCCN3CCC[C@@H]3C2)cc1. The Bertz CT molecular complexity index is 555. The standard InChI is InChI=1S/C21H33N3O/c1-17(2)19-8-6-18(7-9-19)10-11-22-21(25)16-23-12-4-14-24-13-3-5-20(24)15-23/h6-9,17,20H,3-5,10-16H2,1-2H3,(H,22,25)/t20-/m1/s1. The summed E-state index contributed by atoms with van der Waals surface area (Å²) in [4.78, 5) is 17.2. The van der Waals surface area contributed by atoms with Crippen molar-refractivity contribution in [3.8, 4) is 0 Å². The molecule has 0 saturated carbocycles. The summed E-state index contributed by atoms with van der Waals surface area (Å²) in [7, 11) is 0. The number of rotatable bonds is 6. The molecule has 25 heavy (non-hydrogen) atoms. The number of hydrogen-bond donors (Lipinski definition) is 1. The molecule has 4 nitrogen and oxygen atoms in total. The second kappa shape index (κ2) is 8.81. The molecule has 0 radical (unpaired) electrons. The van der Waals surface area contributed by atoms with E-state index in [1.54, 1.807) is 0 Å². The van der Waals surface area contributed by atoms with Crippen LogP contribution in [0.5, 0.6) is 0 Å². The van der Waals surface area contributed by atoms with Gasteiger partial charge in [0.1, 0.15) is 0 Å². The summed E-state index contributed by atoms with van der Waals surface area (Å²) in [6, 6.07) is 9.45. The van der Waals surface area contributed by atoms with Crippen LogP contribution in [0.25, 0.3) is 0 Å². The van der Waals surface area contributed by atoms with Crippen LogP contribution in [0.4, 0.5) is 0 Å². The maximum absolute atomic E-state index is 12.3. The van der Waals surface area contributed by atoms with Crippen LogP contribution in [0.15, 0.2) is 24.3 Å². The van der Waals surface area contributed by atoms with E-state index in [9.17, 15) is 4.79 Å². The molecule has 1 N–H and O–H groups in total. The maximum Gasteiger partial charge on any atom is 0.234 e. The van der Waals surface area contributed by atoms with E-state index < -0.39 is 0 Å². The fourth-order valence-electron chi connectivity index (χ4n) is 4.10. The lowest BCUT2D eigenvalue weighted by atomic mass is 10.0. The number of nitrogens with zero attached hydrogens (tertiary/aromatic N) is 2. The number of amides is 1. The van der Waals surface area contributed by atoms with Crippen LogP contribution in [0.3, 0.4) is 0 Å². The van der Waals surface area contributed by atoms with Gasteiger partial charge in [-0.05, 0) is 62.4 Å². The van der Waals surface area contributed by atoms with Crippen molar-refractivity contribution < 1.29 is 4.79 Å². The first-order valence-corrected chi connectivity index (χ1v) is 9.94. The molecule has 0 unspecified atom stereocenters. The van der Waals surface area contributed by atoms with Crippen molar-refractivity contribution in [2.75, 3.05) is 39.3 Å². The summed E-state index contributed by atoms with van der Waals surface area (Å²) in [5, 5.41) is 3.10. The van der Waals surface area contributed by atoms with Gasteiger partial charge < -0.3 is 5.32 Å². The second-order valence-electron chi connectivity index (χ2n) is 7.92. The predicted octanol–water partition coefficient (Wildman–Crippen LogP) is 2.64. The zero-order valence-corrected chi connectivity index (χ0v) is 15.8. The quantitative estimate of drug-likeness (QED) is 0.862. The Balaban J connectivity index is 1.39. The van der Waals surface area contributed by atoms with Crippen LogP contribution in [0.2, 0.25) is 0 Å². The summed E-state index contributed by atoms with van der Waals surface area (Å²) in [6.45, 7) is 10.3. The van der Waals surface area contributed by atoms with Crippen LogP contribution in [0.1, 0.15) is 50.2 Å². The fraction of sp³-hybridized carbons (Fsp3) is 0.667. The second-order valence-corrected chi connectivity index (χ2v) is 7.92. The van der Waals surface area contributed by atoms with E-state index in [4.69, 9.17) is 0 Å². The highest BCUT2D eigenvalue weighted by molar-refractivity contribution is 5.78. The van der Waals surface area contributed by atoms with Crippen molar-refractivity contribution in [1.82, 2.24) is 15.1 Å². The van der Waals surface area contributed by atoms with E-state index in [1.807, 2.05) is 0 Å². The van der Waals surface area contributed by atoms with Crippen LogP contribution >= 0.6 is 0 Å². The largest absolute Gasteiger partial charge is 0.355 e. The Morgan fingerprint density at radius 2 is 1.92 bits per heavy atom. The highest BCUT2D eigenvalue weighted by Gasteiger charge is 2.29. The van der Waals surface area contributed by atoms with Gasteiger partial charge in [0.15, 0.2) is 0 Å². The van der Waals surface area contributed by atoms with E-state index in [-0.39, 0.29) is 5.91 Å². The van der Waals surface area contributed by atoms with Gasteiger partial charge in [0.25, 0.3) is 0 Å². The highest BCUT2D eigenvalue weighted by Crippen LogP contribution is 2.21. The van der Waals surface area contributed by atoms with Gasteiger partial charge in [-0.25, -0.2) is 0 Å². The minimum Gasteiger partial charge on any atom is -0.355 e.